The second-order valence-electron chi connectivity index (χ2n) is 5.65. The summed E-state index contributed by atoms with van der Waals surface area (Å²) in [6.45, 7) is 11.1. The molecule has 108 valence electrons. The normalized spacial score (nSPS) is 25.2. The van der Waals surface area contributed by atoms with Crippen molar-refractivity contribution in [3.63, 3.8) is 0 Å². The van der Waals surface area contributed by atoms with Gasteiger partial charge in [-0.05, 0) is 25.4 Å². The first-order valence-corrected chi connectivity index (χ1v) is 7.35. The molecular weight excluding hydrogens is 242 g/mol. The summed E-state index contributed by atoms with van der Waals surface area (Å²) in [4.78, 5) is 22.1. The number of likely N-dealkylation sites (N-methyl/N-ethyl adjacent to an activating group) is 1. The van der Waals surface area contributed by atoms with Crippen molar-refractivity contribution in [1.82, 2.24) is 9.80 Å². The Balaban J connectivity index is 1.87. The second-order valence-corrected chi connectivity index (χ2v) is 5.65. The van der Waals surface area contributed by atoms with Crippen molar-refractivity contribution in [1.29, 1.82) is 0 Å². The molecule has 5 nitrogen and oxygen atoms in total. The number of nitrogens with zero attached hydrogens (tertiary/aromatic N) is 3. The largest absolute Gasteiger partial charge is 0.382 e. The molecule has 0 bridgehead atoms. The summed E-state index contributed by atoms with van der Waals surface area (Å²) in [7, 11) is 0. The molecular formula is C14H25N3O2. The van der Waals surface area contributed by atoms with Gasteiger partial charge in [0, 0.05) is 26.1 Å². The molecule has 0 aromatic carbocycles. The highest BCUT2D eigenvalue weighted by Crippen LogP contribution is 2.18. The first-order chi connectivity index (χ1) is 9.11. The molecule has 2 rings (SSSR count). The van der Waals surface area contributed by atoms with Gasteiger partial charge in [0.15, 0.2) is 0 Å². The summed E-state index contributed by atoms with van der Waals surface area (Å²) in [5, 5.41) is 4.05. The Morgan fingerprint density at radius 1 is 1.37 bits per heavy atom. The van der Waals surface area contributed by atoms with Gasteiger partial charge in [0.2, 0.25) is 6.10 Å². The van der Waals surface area contributed by atoms with Crippen molar-refractivity contribution >= 4 is 11.6 Å². The van der Waals surface area contributed by atoms with Crippen molar-refractivity contribution in [2.24, 2.45) is 11.1 Å². The maximum absolute atomic E-state index is 12.4. The predicted octanol–water partition coefficient (Wildman–Crippen LogP) is 1.34. The fourth-order valence-corrected chi connectivity index (χ4v) is 2.58. The number of rotatable bonds is 3. The smallest absolute Gasteiger partial charge is 0.266 e. The van der Waals surface area contributed by atoms with E-state index in [0.29, 0.717) is 12.3 Å². The lowest BCUT2D eigenvalue weighted by Gasteiger charge is -2.23. The SMILES string of the molecule is CCN1CCCN(C(=O)[C@H]2CC(C(C)C)=NO2)CC1. The van der Waals surface area contributed by atoms with E-state index in [1.54, 1.807) is 0 Å². The number of carbonyl (C=O) groups is 1. The number of oxime groups is 1. The highest BCUT2D eigenvalue weighted by atomic mass is 16.6. The van der Waals surface area contributed by atoms with Gasteiger partial charge in [-0.3, -0.25) is 4.79 Å². The Hall–Kier alpha value is -1.10. The van der Waals surface area contributed by atoms with Crippen LogP contribution in [0.4, 0.5) is 0 Å². The number of amides is 1. The lowest BCUT2D eigenvalue weighted by Crippen LogP contribution is -2.41. The van der Waals surface area contributed by atoms with Crippen molar-refractivity contribution in [3.05, 3.63) is 0 Å². The molecule has 5 heteroatoms. The summed E-state index contributed by atoms with van der Waals surface area (Å²) >= 11 is 0. The van der Waals surface area contributed by atoms with Gasteiger partial charge >= 0.3 is 0 Å². The van der Waals surface area contributed by atoms with E-state index in [0.717, 1.165) is 44.9 Å². The highest BCUT2D eigenvalue weighted by molar-refractivity contribution is 5.93. The molecule has 0 aliphatic carbocycles. The van der Waals surface area contributed by atoms with Crippen LogP contribution in [0.1, 0.15) is 33.6 Å². The summed E-state index contributed by atoms with van der Waals surface area (Å²) in [5.74, 6) is 0.467. The zero-order valence-corrected chi connectivity index (χ0v) is 12.3. The summed E-state index contributed by atoms with van der Waals surface area (Å²) < 4.78 is 0. The van der Waals surface area contributed by atoms with Gasteiger partial charge in [0.05, 0.1) is 5.71 Å². The first-order valence-electron chi connectivity index (χ1n) is 7.35. The summed E-state index contributed by atoms with van der Waals surface area (Å²) in [6, 6.07) is 0. The lowest BCUT2D eigenvalue weighted by molar-refractivity contribution is -0.141. The van der Waals surface area contributed by atoms with Gasteiger partial charge < -0.3 is 14.6 Å². The van der Waals surface area contributed by atoms with Crippen molar-refractivity contribution < 1.29 is 9.63 Å². The van der Waals surface area contributed by atoms with Crippen LogP contribution in [-0.2, 0) is 9.63 Å². The third kappa shape index (κ3) is 3.47. The quantitative estimate of drug-likeness (QED) is 0.775. The van der Waals surface area contributed by atoms with Crippen LogP contribution in [0.3, 0.4) is 0 Å². The zero-order valence-electron chi connectivity index (χ0n) is 12.3. The van der Waals surface area contributed by atoms with E-state index in [1.807, 2.05) is 4.90 Å². The minimum Gasteiger partial charge on any atom is -0.382 e. The van der Waals surface area contributed by atoms with Crippen LogP contribution in [0.25, 0.3) is 0 Å². The molecule has 1 fully saturated rings. The molecule has 0 aromatic rings. The standard InChI is InChI=1S/C14H25N3O2/c1-4-16-6-5-7-17(9-8-16)14(18)13-10-12(11(2)3)15-19-13/h11,13H,4-10H2,1-3H3/t13-/m1/s1. The van der Waals surface area contributed by atoms with Crippen molar-refractivity contribution in [3.8, 4) is 0 Å². The van der Waals surface area contributed by atoms with Gasteiger partial charge in [-0.2, -0.15) is 0 Å². The molecule has 0 spiro atoms. The Morgan fingerprint density at radius 2 is 2.16 bits per heavy atom. The maximum Gasteiger partial charge on any atom is 0.266 e. The van der Waals surface area contributed by atoms with E-state index >= 15 is 0 Å². The first kappa shape index (κ1) is 14.3. The number of carbonyl (C=O) groups excluding carboxylic acids is 1. The van der Waals surface area contributed by atoms with Crippen LogP contribution in [-0.4, -0.2) is 60.2 Å². The average Bonchev–Trinajstić information content (AvgIpc) is 2.77. The van der Waals surface area contributed by atoms with E-state index in [9.17, 15) is 4.79 Å². The predicted molar refractivity (Wildman–Crippen MR) is 75.1 cm³/mol. The topological polar surface area (TPSA) is 45.1 Å². The lowest BCUT2D eigenvalue weighted by atomic mass is 10.0. The molecule has 1 amide bonds. The number of hydrogen-bond acceptors (Lipinski definition) is 4. The minimum atomic E-state index is -0.384. The molecule has 2 aliphatic heterocycles. The van der Waals surface area contributed by atoms with Crippen LogP contribution >= 0.6 is 0 Å². The maximum atomic E-state index is 12.4. The van der Waals surface area contributed by atoms with E-state index in [-0.39, 0.29) is 12.0 Å². The Bertz CT molecular complexity index is 355. The monoisotopic (exact) mass is 267 g/mol. The summed E-state index contributed by atoms with van der Waals surface area (Å²) in [5.41, 5.74) is 1.00. The third-order valence-electron chi connectivity index (χ3n) is 3.98. The molecule has 0 saturated carbocycles. The Kier molecular flexibility index (Phi) is 4.80. The highest BCUT2D eigenvalue weighted by Gasteiger charge is 2.33. The van der Waals surface area contributed by atoms with Gasteiger partial charge in [-0.15, -0.1) is 0 Å². The van der Waals surface area contributed by atoms with Crippen LogP contribution in [0.15, 0.2) is 5.16 Å². The van der Waals surface area contributed by atoms with E-state index in [2.05, 4.69) is 30.8 Å². The number of hydrogen-bond donors (Lipinski definition) is 0. The molecule has 0 radical (unpaired) electrons. The van der Waals surface area contributed by atoms with Gasteiger partial charge in [0.25, 0.3) is 5.91 Å². The Morgan fingerprint density at radius 3 is 2.79 bits per heavy atom. The van der Waals surface area contributed by atoms with Gasteiger partial charge in [-0.1, -0.05) is 25.9 Å². The van der Waals surface area contributed by atoms with Crippen LogP contribution in [0.5, 0.6) is 0 Å². The second kappa shape index (κ2) is 6.37. The third-order valence-corrected chi connectivity index (χ3v) is 3.98. The van der Waals surface area contributed by atoms with Gasteiger partial charge in [0.1, 0.15) is 0 Å². The zero-order chi connectivity index (χ0) is 13.8. The molecule has 0 aromatic heterocycles. The molecule has 0 unspecified atom stereocenters. The molecule has 1 saturated heterocycles. The molecule has 19 heavy (non-hydrogen) atoms. The molecule has 1 atom stereocenters. The molecule has 0 N–H and O–H groups in total. The molecule has 2 aliphatic rings. The Labute approximate surface area is 115 Å². The fourth-order valence-electron chi connectivity index (χ4n) is 2.58. The minimum absolute atomic E-state index is 0.109. The van der Waals surface area contributed by atoms with E-state index in [1.165, 1.54) is 0 Å². The average molecular weight is 267 g/mol. The van der Waals surface area contributed by atoms with Crippen molar-refractivity contribution in [2.45, 2.75) is 39.7 Å². The van der Waals surface area contributed by atoms with Crippen LogP contribution < -0.4 is 0 Å². The fraction of sp³-hybridized carbons (Fsp3) is 0.857. The van der Waals surface area contributed by atoms with Crippen LogP contribution in [0.2, 0.25) is 0 Å². The molecule has 2 heterocycles. The summed E-state index contributed by atoms with van der Waals surface area (Å²) in [6.07, 6.45) is 1.32. The van der Waals surface area contributed by atoms with Gasteiger partial charge in [-0.25, -0.2) is 0 Å². The van der Waals surface area contributed by atoms with E-state index in [4.69, 9.17) is 4.84 Å². The van der Waals surface area contributed by atoms with E-state index < -0.39 is 0 Å². The van der Waals surface area contributed by atoms with Crippen LogP contribution in [0, 0.1) is 5.92 Å². The van der Waals surface area contributed by atoms with Crippen molar-refractivity contribution in [2.75, 3.05) is 32.7 Å².